The molecule has 0 bridgehead atoms. The van der Waals surface area contributed by atoms with Crippen LogP contribution in [0, 0.1) is 15.9 Å². The average molecular weight is 256 g/mol. The predicted octanol–water partition coefficient (Wildman–Crippen LogP) is 2.25. The second-order valence-electron chi connectivity index (χ2n) is 4.64. The van der Waals surface area contributed by atoms with Crippen molar-refractivity contribution >= 4 is 5.69 Å². The Kier molecular flexibility index (Phi) is 4.75. The summed E-state index contributed by atoms with van der Waals surface area (Å²) in [5.41, 5.74) is -0.0365. The van der Waals surface area contributed by atoms with E-state index in [0.717, 1.165) is 6.07 Å². The molecule has 0 fully saturated rings. The third kappa shape index (κ3) is 4.38. The van der Waals surface area contributed by atoms with E-state index in [4.69, 9.17) is 4.74 Å². The Morgan fingerprint density at radius 1 is 1.44 bits per heavy atom. The van der Waals surface area contributed by atoms with Crippen LogP contribution < -0.4 is 5.32 Å². The third-order valence-electron chi connectivity index (χ3n) is 2.59. The van der Waals surface area contributed by atoms with E-state index in [1.54, 1.807) is 7.11 Å². The highest BCUT2D eigenvalue weighted by Crippen LogP contribution is 2.16. The summed E-state index contributed by atoms with van der Waals surface area (Å²) >= 11 is 0. The van der Waals surface area contributed by atoms with Gasteiger partial charge in [0.2, 0.25) is 0 Å². The lowest BCUT2D eigenvalue weighted by Crippen LogP contribution is -2.36. The number of nitrogens with one attached hydrogen (secondary N) is 1. The smallest absolute Gasteiger partial charge is 0.272 e. The molecule has 18 heavy (non-hydrogen) atoms. The fourth-order valence-corrected chi connectivity index (χ4v) is 1.42. The molecule has 0 aliphatic rings. The largest absolute Gasteiger partial charge is 0.377 e. The van der Waals surface area contributed by atoms with Crippen LogP contribution in [-0.2, 0) is 11.3 Å². The van der Waals surface area contributed by atoms with Crippen LogP contribution in [0.5, 0.6) is 0 Å². The van der Waals surface area contributed by atoms with Gasteiger partial charge in [-0.15, -0.1) is 0 Å². The topological polar surface area (TPSA) is 64.4 Å². The zero-order chi connectivity index (χ0) is 13.8. The van der Waals surface area contributed by atoms with Crippen molar-refractivity contribution in [3.63, 3.8) is 0 Å². The van der Waals surface area contributed by atoms with Crippen molar-refractivity contribution in [2.24, 2.45) is 0 Å². The van der Waals surface area contributed by atoms with Gasteiger partial charge in [-0.1, -0.05) is 0 Å². The molecule has 0 radical (unpaired) electrons. The van der Waals surface area contributed by atoms with Crippen LogP contribution in [0.4, 0.5) is 10.1 Å². The van der Waals surface area contributed by atoms with E-state index in [9.17, 15) is 14.5 Å². The molecule has 0 heterocycles. The van der Waals surface area contributed by atoms with E-state index in [-0.39, 0.29) is 11.3 Å². The van der Waals surface area contributed by atoms with Gasteiger partial charge in [-0.2, -0.15) is 0 Å². The molecule has 0 saturated carbocycles. The van der Waals surface area contributed by atoms with Gasteiger partial charge >= 0.3 is 0 Å². The molecule has 0 spiro atoms. The lowest BCUT2D eigenvalue weighted by atomic mass is 10.1. The summed E-state index contributed by atoms with van der Waals surface area (Å²) in [5, 5.41) is 13.7. The number of hydrogen-bond acceptors (Lipinski definition) is 4. The second-order valence-corrected chi connectivity index (χ2v) is 4.64. The molecule has 0 aliphatic heterocycles. The molecular formula is C12H17FN2O3. The molecule has 0 amide bonds. The summed E-state index contributed by atoms with van der Waals surface area (Å²) in [7, 11) is 1.61. The van der Waals surface area contributed by atoms with Crippen LogP contribution in [0.25, 0.3) is 0 Å². The first-order valence-corrected chi connectivity index (χ1v) is 5.54. The first-order chi connectivity index (χ1) is 8.34. The van der Waals surface area contributed by atoms with Gasteiger partial charge in [0.1, 0.15) is 5.82 Å². The van der Waals surface area contributed by atoms with Crippen molar-refractivity contribution in [2.75, 3.05) is 13.7 Å². The van der Waals surface area contributed by atoms with E-state index in [1.807, 2.05) is 13.8 Å². The first kappa shape index (κ1) is 14.5. The average Bonchev–Trinajstić information content (AvgIpc) is 2.28. The monoisotopic (exact) mass is 256 g/mol. The maximum absolute atomic E-state index is 13.2. The van der Waals surface area contributed by atoms with Crippen molar-refractivity contribution in [1.82, 2.24) is 5.32 Å². The quantitative estimate of drug-likeness (QED) is 0.626. The maximum atomic E-state index is 13.2. The minimum Gasteiger partial charge on any atom is -0.377 e. The zero-order valence-corrected chi connectivity index (χ0v) is 10.7. The molecule has 5 nitrogen and oxygen atoms in total. The molecule has 0 aliphatic carbocycles. The number of nitro groups is 1. The van der Waals surface area contributed by atoms with Crippen molar-refractivity contribution in [3.8, 4) is 0 Å². The van der Waals surface area contributed by atoms with Gasteiger partial charge in [0.05, 0.1) is 16.6 Å². The Balaban J connectivity index is 2.65. The zero-order valence-electron chi connectivity index (χ0n) is 10.7. The molecule has 1 aromatic rings. The van der Waals surface area contributed by atoms with Gasteiger partial charge in [-0.3, -0.25) is 10.1 Å². The van der Waals surface area contributed by atoms with Gasteiger partial charge in [-0.05, 0) is 25.5 Å². The molecule has 0 saturated heterocycles. The van der Waals surface area contributed by atoms with Crippen molar-refractivity contribution < 1.29 is 14.1 Å². The summed E-state index contributed by atoms with van der Waals surface area (Å²) in [6.45, 7) is 4.74. The highest BCUT2D eigenvalue weighted by molar-refractivity contribution is 5.35. The molecule has 1 aromatic carbocycles. The van der Waals surface area contributed by atoms with E-state index < -0.39 is 10.7 Å². The van der Waals surface area contributed by atoms with Crippen LogP contribution >= 0.6 is 0 Å². The van der Waals surface area contributed by atoms with Crippen LogP contribution in [0.1, 0.15) is 19.4 Å². The Labute approximate surface area is 105 Å². The number of hydrogen-bond donors (Lipinski definition) is 1. The fraction of sp³-hybridized carbons (Fsp3) is 0.500. The maximum Gasteiger partial charge on any atom is 0.272 e. The minimum atomic E-state index is -0.605. The number of non-ortho nitro benzene ring substituents is 1. The number of ether oxygens (including phenoxy) is 1. The highest BCUT2D eigenvalue weighted by atomic mass is 19.1. The van der Waals surface area contributed by atoms with Gasteiger partial charge in [0, 0.05) is 26.3 Å². The number of nitro benzene ring substituents is 1. The van der Waals surface area contributed by atoms with Gasteiger partial charge < -0.3 is 10.1 Å². The van der Waals surface area contributed by atoms with Crippen molar-refractivity contribution in [1.29, 1.82) is 0 Å². The first-order valence-electron chi connectivity index (χ1n) is 5.54. The van der Waals surface area contributed by atoms with E-state index in [1.165, 1.54) is 12.1 Å². The molecule has 0 aromatic heterocycles. The molecule has 0 unspecified atom stereocenters. The van der Waals surface area contributed by atoms with E-state index >= 15 is 0 Å². The van der Waals surface area contributed by atoms with E-state index in [2.05, 4.69) is 5.32 Å². The molecular weight excluding hydrogens is 239 g/mol. The SMILES string of the molecule is COC(C)(C)CNCc1cc(F)cc([N+](=O)[O-])c1. The van der Waals surface area contributed by atoms with Crippen molar-refractivity contribution in [2.45, 2.75) is 26.0 Å². The molecule has 1 N–H and O–H groups in total. The molecule has 0 atom stereocenters. The summed E-state index contributed by atoms with van der Waals surface area (Å²) in [6, 6.07) is 3.54. The lowest BCUT2D eigenvalue weighted by Gasteiger charge is -2.23. The van der Waals surface area contributed by atoms with Crippen LogP contribution in [0.15, 0.2) is 18.2 Å². The Bertz CT molecular complexity index is 435. The predicted molar refractivity (Wildman–Crippen MR) is 65.8 cm³/mol. The number of nitrogens with zero attached hydrogens (tertiary/aromatic N) is 1. The summed E-state index contributed by atoms with van der Waals surface area (Å²) in [4.78, 5) is 9.98. The van der Waals surface area contributed by atoms with Gasteiger partial charge in [0.25, 0.3) is 5.69 Å². The number of benzene rings is 1. The number of methoxy groups -OCH3 is 1. The van der Waals surface area contributed by atoms with Gasteiger partial charge in [-0.25, -0.2) is 4.39 Å². The van der Waals surface area contributed by atoms with Crippen LogP contribution in [0.3, 0.4) is 0 Å². The Morgan fingerprint density at radius 3 is 2.67 bits per heavy atom. The molecule has 100 valence electrons. The number of rotatable bonds is 6. The standard InChI is InChI=1S/C12H17FN2O3/c1-12(2,18-3)8-14-7-9-4-10(13)6-11(5-9)15(16)17/h4-6,14H,7-8H2,1-3H3. The van der Waals surface area contributed by atoms with Crippen LogP contribution in [0.2, 0.25) is 0 Å². The second kappa shape index (κ2) is 5.88. The molecule has 6 heteroatoms. The normalized spacial score (nSPS) is 11.6. The van der Waals surface area contributed by atoms with Crippen molar-refractivity contribution in [3.05, 3.63) is 39.7 Å². The lowest BCUT2D eigenvalue weighted by molar-refractivity contribution is -0.385. The van der Waals surface area contributed by atoms with E-state index in [0.29, 0.717) is 18.7 Å². The highest BCUT2D eigenvalue weighted by Gasteiger charge is 2.16. The summed E-state index contributed by atoms with van der Waals surface area (Å²) < 4.78 is 18.4. The Morgan fingerprint density at radius 2 is 2.11 bits per heavy atom. The Hall–Kier alpha value is -1.53. The number of halogens is 1. The fourth-order valence-electron chi connectivity index (χ4n) is 1.42. The summed E-state index contributed by atoms with van der Waals surface area (Å²) in [6.07, 6.45) is 0. The van der Waals surface area contributed by atoms with Gasteiger partial charge in [0.15, 0.2) is 0 Å². The van der Waals surface area contributed by atoms with Crippen LogP contribution in [-0.4, -0.2) is 24.2 Å². The third-order valence-corrected chi connectivity index (χ3v) is 2.59. The molecule has 1 rings (SSSR count). The summed E-state index contributed by atoms with van der Waals surface area (Å²) in [5.74, 6) is -0.605. The minimum absolute atomic E-state index is 0.238.